The van der Waals surface area contributed by atoms with Crippen molar-refractivity contribution in [2.75, 3.05) is 0 Å². The van der Waals surface area contributed by atoms with Crippen molar-refractivity contribution in [3.8, 4) is 0 Å². The van der Waals surface area contributed by atoms with E-state index < -0.39 is 0 Å². The first kappa shape index (κ1) is 44.2. The van der Waals surface area contributed by atoms with E-state index in [1.807, 2.05) is 0 Å². The van der Waals surface area contributed by atoms with Gasteiger partial charge in [0.05, 0.1) is 13.1 Å². The van der Waals surface area contributed by atoms with Crippen LogP contribution in [-0.4, -0.2) is 4.57 Å². The molecule has 0 fully saturated rings. The van der Waals surface area contributed by atoms with Crippen LogP contribution in [0.2, 0.25) is 0 Å². The number of imidazole rings is 1. The molecule has 278 valence electrons. The van der Waals surface area contributed by atoms with Gasteiger partial charge < -0.3 is 0 Å². The molecule has 0 aliphatic heterocycles. The average Bonchev–Trinajstić information content (AvgIpc) is 3.47. The van der Waals surface area contributed by atoms with Crippen LogP contribution in [0, 0.1) is 0 Å². The van der Waals surface area contributed by atoms with E-state index in [1.54, 1.807) is 5.82 Å². The van der Waals surface area contributed by atoms with E-state index >= 15 is 0 Å². The molecule has 2 heteroatoms. The molecule has 1 aromatic heterocycles. The first-order valence-corrected chi connectivity index (χ1v) is 22.4. The lowest BCUT2D eigenvalue weighted by Gasteiger charge is -2.07. The highest BCUT2D eigenvalue weighted by molar-refractivity contribution is 4.84. The van der Waals surface area contributed by atoms with Gasteiger partial charge in [-0.25, -0.2) is 9.13 Å². The summed E-state index contributed by atoms with van der Waals surface area (Å²) in [6.45, 7) is 9.41. The van der Waals surface area contributed by atoms with E-state index in [2.05, 4.69) is 42.3 Å². The molecule has 0 N–H and O–H groups in total. The lowest BCUT2D eigenvalue weighted by atomic mass is 10.0. The van der Waals surface area contributed by atoms with E-state index in [9.17, 15) is 0 Å². The Labute approximate surface area is 298 Å². The molecular formula is C45H89N2+. The SMILES string of the molecule is CCCCCCCCCCCCCCCCCCc1n(CCCCCCCCCCCCC)cc[n+]1CCCCCCCCCCC. The number of nitrogens with zero attached hydrogens (tertiary/aromatic N) is 2. The third-order valence-corrected chi connectivity index (χ3v) is 10.8. The van der Waals surface area contributed by atoms with Crippen LogP contribution in [0.1, 0.15) is 258 Å². The first-order valence-electron chi connectivity index (χ1n) is 22.4. The molecule has 0 saturated carbocycles. The molecular weight excluding hydrogens is 569 g/mol. The first-order chi connectivity index (χ1) is 23.3. The second-order valence-electron chi connectivity index (χ2n) is 15.5. The van der Waals surface area contributed by atoms with Crippen LogP contribution in [-0.2, 0) is 19.5 Å². The Morgan fingerprint density at radius 1 is 0.362 bits per heavy atom. The molecule has 47 heavy (non-hydrogen) atoms. The molecule has 0 aliphatic carbocycles. The average molecular weight is 658 g/mol. The zero-order valence-electron chi connectivity index (χ0n) is 33.1. The van der Waals surface area contributed by atoms with Crippen molar-refractivity contribution in [1.29, 1.82) is 0 Å². The lowest BCUT2D eigenvalue weighted by Crippen LogP contribution is -2.37. The maximum Gasteiger partial charge on any atom is 0.256 e. The fourth-order valence-electron chi connectivity index (χ4n) is 7.56. The van der Waals surface area contributed by atoms with Crippen LogP contribution in [0.4, 0.5) is 0 Å². The van der Waals surface area contributed by atoms with Crippen molar-refractivity contribution in [3.05, 3.63) is 18.2 Å². The van der Waals surface area contributed by atoms with Gasteiger partial charge in [-0.2, -0.15) is 0 Å². The van der Waals surface area contributed by atoms with Crippen molar-refractivity contribution in [1.82, 2.24) is 4.57 Å². The minimum Gasteiger partial charge on any atom is -0.234 e. The largest absolute Gasteiger partial charge is 0.256 e. The number of aromatic nitrogens is 2. The second kappa shape index (κ2) is 36.5. The van der Waals surface area contributed by atoms with Gasteiger partial charge in [0.2, 0.25) is 0 Å². The van der Waals surface area contributed by atoms with Crippen molar-refractivity contribution < 1.29 is 4.57 Å². The van der Waals surface area contributed by atoms with Gasteiger partial charge in [0.25, 0.3) is 5.82 Å². The monoisotopic (exact) mass is 658 g/mol. The Balaban J connectivity index is 2.25. The fourth-order valence-corrected chi connectivity index (χ4v) is 7.56. The normalized spacial score (nSPS) is 11.6. The van der Waals surface area contributed by atoms with Crippen LogP contribution in [0.5, 0.6) is 0 Å². The van der Waals surface area contributed by atoms with E-state index in [0.29, 0.717) is 0 Å². The van der Waals surface area contributed by atoms with Gasteiger partial charge in [-0.1, -0.05) is 220 Å². The van der Waals surface area contributed by atoms with E-state index in [0.717, 1.165) is 0 Å². The van der Waals surface area contributed by atoms with Gasteiger partial charge in [-0.3, -0.25) is 0 Å². The van der Waals surface area contributed by atoms with Gasteiger partial charge in [-0.05, 0) is 32.1 Å². The summed E-state index contributed by atoms with van der Waals surface area (Å²) in [7, 11) is 0. The second-order valence-corrected chi connectivity index (χ2v) is 15.5. The molecule has 0 saturated heterocycles. The summed E-state index contributed by atoms with van der Waals surface area (Å²) in [6, 6.07) is 0. The maximum atomic E-state index is 2.65. The molecule has 0 unspecified atom stereocenters. The fraction of sp³-hybridized carbons (Fsp3) is 0.933. The summed E-state index contributed by atoms with van der Waals surface area (Å²) in [4.78, 5) is 0. The highest BCUT2D eigenvalue weighted by Gasteiger charge is 2.16. The third kappa shape index (κ3) is 28.7. The Kier molecular flexibility index (Phi) is 34.3. The minimum absolute atomic E-state index is 1.23. The number of hydrogen-bond donors (Lipinski definition) is 0. The van der Waals surface area contributed by atoms with Crippen molar-refractivity contribution in [2.45, 2.75) is 271 Å². The summed E-state index contributed by atoms with van der Waals surface area (Å²) >= 11 is 0. The predicted molar refractivity (Wildman–Crippen MR) is 212 cm³/mol. The summed E-state index contributed by atoms with van der Waals surface area (Å²) in [5, 5.41) is 0. The van der Waals surface area contributed by atoms with E-state index in [-0.39, 0.29) is 0 Å². The molecule has 0 atom stereocenters. The topological polar surface area (TPSA) is 8.81 Å². The molecule has 0 spiro atoms. The summed E-state index contributed by atoms with van der Waals surface area (Å²) in [5.74, 6) is 1.63. The molecule has 0 bridgehead atoms. The zero-order valence-corrected chi connectivity index (χ0v) is 33.1. The Bertz CT molecular complexity index is 722. The van der Waals surface area contributed by atoms with Crippen molar-refractivity contribution >= 4 is 0 Å². The van der Waals surface area contributed by atoms with Gasteiger partial charge in [0.15, 0.2) is 0 Å². The molecule has 1 aromatic rings. The van der Waals surface area contributed by atoms with Gasteiger partial charge in [0, 0.05) is 6.42 Å². The summed E-state index contributed by atoms with van der Waals surface area (Å²) < 4.78 is 5.29. The molecule has 1 rings (SSSR count). The number of unbranched alkanes of at least 4 members (excludes halogenated alkanes) is 33. The Morgan fingerprint density at radius 3 is 1.02 bits per heavy atom. The molecule has 0 aromatic carbocycles. The predicted octanol–water partition coefficient (Wildman–Crippen LogP) is 15.4. The van der Waals surface area contributed by atoms with Crippen molar-refractivity contribution in [2.24, 2.45) is 0 Å². The molecule has 0 radical (unpaired) electrons. The van der Waals surface area contributed by atoms with Crippen LogP contribution < -0.4 is 4.57 Å². The summed E-state index contributed by atoms with van der Waals surface area (Å²) in [5.41, 5.74) is 0. The standard InChI is InChI=1S/C45H89N2/c1-4-7-10-13-16-19-21-22-23-24-25-26-28-31-34-37-40-45-46(41-38-35-32-29-18-15-12-9-6-3)43-44-47(45)42-39-36-33-30-27-20-17-14-11-8-5-2/h43-44H,4-42H2,1-3H3/q+1. The summed E-state index contributed by atoms with van der Waals surface area (Å²) in [6.07, 6.45) is 57.8. The number of aryl methyl sites for hydroxylation is 2. The number of hydrogen-bond acceptors (Lipinski definition) is 0. The van der Waals surface area contributed by atoms with E-state index in [4.69, 9.17) is 0 Å². The third-order valence-electron chi connectivity index (χ3n) is 10.8. The number of rotatable bonds is 39. The highest BCUT2D eigenvalue weighted by atomic mass is 15.1. The molecule has 1 heterocycles. The highest BCUT2D eigenvalue weighted by Crippen LogP contribution is 2.16. The molecule has 2 nitrogen and oxygen atoms in total. The Morgan fingerprint density at radius 2 is 0.660 bits per heavy atom. The maximum absolute atomic E-state index is 2.65. The van der Waals surface area contributed by atoms with Crippen LogP contribution in [0.15, 0.2) is 12.4 Å². The van der Waals surface area contributed by atoms with Crippen molar-refractivity contribution in [3.63, 3.8) is 0 Å². The smallest absolute Gasteiger partial charge is 0.234 e. The molecule has 0 amide bonds. The van der Waals surface area contributed by atoms with E-state index in [1.165, 1.54) is 251 Å². The lowest BCUT2D eigenvalue weighted by molar-refractivity contribution is -0.704. The quantitative estimate of drug-likeness (QED) is 0.0492. The van der Waals surface area contributed by atoms with Crippen LogP contribution in [0.3, 0.4) is 0 Å². The molecule has 0 aliphatic rings. The zero-order chi connectivity index (χ0) is 33.7. The van der Waals surface area contributed by atoms with Gasteiger partial charge in [-0.15, -0.1) is 0 Å². The van der Waals surface area contributed by atoms with Gasteiger partial charge in [0.1, 0.15) is 12.4 Å². The van der Waals surface area contributed by atoms with Gasteiger partial charge >= 0.3 is 0 Å². The van der Waals surface area contributed by atoms with Crippen LogP contribution >= 0.6 is 0 Å². The minimum atomic E-state index is 1.23. The van der Waals surface area contributed by atoms with Crippen LogP contribution in [0.25, 0.3) is 0 Å². The Hall–Kier alpha value is -0.790.